The lowest BCUT2D eigenvalue weighted by Crippen LogP contribution is -2.27. The van der Waals surface area contributed by atoms with Crippen molar-refractivity contribution in [3.63, 3.8) is 0 Å². The number of carbonyl (C=O) groups excluding carboxylic acids is 1. The van der Waals surface area contributed by atoms with E-state index in [9.17, 15) is 13.6 Å². The van der Waals surface area contributed by atoms with Crippen molar-refractivity contribution in [3.8, 4) is 0 Å². The Bertz CT molecular complexity index is 148. The van der Waals surface area contributed by atoms with Gasteiger partial charge in [-0.15, -0.1) is 0 Å². The van der Waals surface area contributed by atoms with E-state index in [0.717, 1.165) is 9.80 Å². The molecule has 0 aromatic heterocycles. The van der Waals surface area contributed by atoms with Crippen molar-refractivity contribution in [3.05, 3.63) is 0 Å². The van der Waals surface area contributed by atoms with Gasteiger partial charge in [-0.1, -0.05) is 0 Å². The van der Waals surface area contributed by atoms with E-state index in [0.29, 0.717) is 0 Å². The van der Waals surface area contributed by atoms with Gasteiger partial charge in [-0.3, -0.25) is 9.80 Å². The normalized spacial score (nSPS) is 33.8. The quantitative estimate of drug-likeness (QED) is 0.463. The first-order chi connectivity index (χ1) is 4.55. The predicted molar refractivity (Wildman–Crippen MR) is 30.7 cm³/mol. The lowest BCUT2D eigenvalue weighted by Gasteiger charge is -2.08. The molecule has 58 valence electrons. The summed E-state index contributed by atoms with van der Waals surface area (Å²) in [5.74, 6) is 0. The van der Waals surface area contributed by atoms with Crippen molar-refractivity contribution >= 4 is 6.03 Å². The largest absolute Gasteiger partial charge is 0.324 e. The zero-order chi connectivity index (χ0) is 7.89. The maximum atomic E-state index is 12.5. The van der Waals surface area contributed by atoms with E-state index in [1.54, 1.807) is 0 Å². The molecule has 0 bridgehead atoms. The lowest BCUT2D eigenvalue weighted by atomic mass is 10.5. The highest BCUT2D eigenvalue weighted by atomic mass is 19.2. The Morgan fingerprint density at radius 2 is 1.50 bits per heavy atom. The van der Waals surface area contributed by atoms with Crippen LogP contribution in [-0.2, 0) is 0 Å². The lowest BCUT2D eigenvalue weighted by molar-refractivity contribution is 0.0635. The Kier molecular flexibility index (Phi) is 1.50. The number of likely N-dealkylation sites (N-methyl/N-ethyl adjacent to an activating group) is 2. The van der Waals surface area contributed by atoms with Crippen molar-refractivity contribution in [1.29, 1.82) is 0 Å². The molecule has 0 saturated carbocycles. The number of amides is 2. The van der Waals surface area contributed by atoms with Crippen molar-refractivity contribution in [2.45, 2.75) is 12.6 Å². The highest BCUT2D eigenvalue weighted by Crippen LogP contribution is 2.20. The SMILES string of the molecule is CN1C(=O)N(C)C(F)C1F. The summed E-state index contributed by atoms with van der Waals surface area (Å²) in [5.41, 5.74) is 0. The van der Waals surface area contributed by atoms with E-state index < -0.39 is 18.6 Å². The molecular weight excluding hydrogens is 142 g/mol. The minimum atomic E-state index is -1.82. The predicted octanol–water partition coefficient (Wildman–Crippen LogP) is 0.575. The van der Waals surface area contributed by atoms with Gasteiger partial charge >= 0.3 is 6.03 Å². The number of urea groups is 1. The standard InChI is InChI=1S/C5H8F2N2O/c1-8-3(6)4(7)9(2)5(8)10/h3-4H,1-2H3. The van der Waals surface area contributed by atoms with Gasteiger partial charge in [0.2, 0.25) is 12.6 Å². The number of alkyl halides is 2. The van der Waals surface area contributed by atoms with Crippen molar-refractivity contribution in [1.82, 2.24) is 9.80 Å². The number of halogens is 2. The molecule has 0 aromatic rings. The first-order valence-corrected chi connectivity index (χ1v) is 2.83. The molecule has 0 spiro atoms. The van der Waals surface area contributed by atoms with E-state index in [1.807, 2.05) is 0 Å². The van der Waals surface area contributed by atoms with Gasteiger partial charge in [0.1, 0.15) is 0 Å². The van der Waals surface area contributed by atoms with Crippen LogP contribution in [0.3, 0.4) is 0 Å². The zero-order valence-corrected chi connectivity index (χ0v) is 5.71. The third-order valence-corrected chi connectivity index (χ3v) is 1.57. The molecule has 10 heavy (non-hydrogen) atoms. The summed E-state index contributed by atoms with van der Waals surface area (Å²) in [4.78, 5) is 12.2. The minimum absolute atomic E-state index is 0.625. The van der Waals surface area contributed by atoms with Crippen molar-refractivity contribution in [2.24, 2.45) is 0 Å². The Balaban J connectivity index is 2.78. The topological polar surface area (TPSA) is 23.6 Å². The average Bonchev–Trinajstić information content (AvgIpc) is 2.07. The second-order valence-electron chi connectivity index (χ2n) is 2.25. The fraction of sp³-hybridized carbons (Fsp3) is 0.800. The van der Waals surface area contributed by atoms with Crippen LogP contribution < -0.4 is 0 Å². The fourth-order valence-corrected chi connectivity index (χ4v) is 0.829. The van der Waals surface area contributed by atoms with Crippen LogP contribution in [0.25, 0.3) is 0 Å². The van der Waals surface area contributed by atoms with Crippen molar-refractivity contribution < 1.29 is 13.6 Å². The first-order valence-electron chi connectivity index (χ1n) is 2.83. The number of hydrogen-bond donors (Lipinski definition) is 0. The molecule has 2 unspecified atom stereocenters. The van der Waals surface area contributed by atoms with Crippen LogP contribution in [0.15, 0.2) is 0 Å². The molecule has 2 atom stereocenters. The third kappa shape index (κ3) is 0.732. The maximum Gasteiger partial charge on any atom is 0.324 e. The average molecular weight is 150 g/mol. The molecule has 2 amide bonds. The molecule has 3 nitrogen and oxygen atoms in total. The Hall–Kier alpha value is -0.870. The van der Waals surface area contributed by atoms with Gasteiger partial charge in [0, 0.05) is 14.1 Å². The van der Waals surface area contributed by atoms with E-state index in [1.165, 1.54) is 14.1 Å². The van der Waals surface area contributed by atoms with Crippen LogP contribution in [0.5, 0.6) is 0 Å². The molecule has 1 saturated heterocycles. The van der Waals surface area contributed by atoms with Crippen LogP contribution in [0, 0.1) is 0 Å². The molecule has 1 fully saturated rings. The first kappa shape index (κ1) is 7.24. The van der Waals surface area contributed by atoms with Gasteiger partial charge in [-0.2, -0.15) is 0 Å². The summed E-state index contributed by atoms with van der Waals surface area (Å²) in [5, 5.41) is 0. The third-order valence-electron chi connectivity index (χ3n) is 1.57. The van der Waals surface area contributed by atoms with Gasteiger partial charge in [-0.05, 0) is 0 Å². The van der Waals surface area contributed by atoms with Crippen LogP contribution in [-0.4, -0.2) is 42.5 Å². The van der Waals surface area contributed by atoms with E-state index in [-0.39, 0.29) is 0 Å². The Labute approximate surface area is 57.2 Å². The Morgan fingerprint density at radius 3 is 1.60 bits per heavy atom. The number of nitrogens with zero attached hydrogens (tertiary/aromatic N) is 2. The van der Waals surface area contributed by atoms with Crippen LogP contribution in [0.1, 0.15) is 0 Å². The molecular formula is C5H8F2N2O. The van der Waals surface area contributed by atoms with Crippen LogP contribution in [0.2, 0.25) is 0 Å². The smallest absolute Gasteiger partial charge is 0.293 e. The highest BCUT2D eigenvalue weighted by molar-refractivity contribution is 5.76. The van der Waals surface area contributed by atoms with Gasteiger partial charge in [0.05, 0.1) is 0 Å². The summed E-state index contributed by atoms with van der Waals surface area (Å²) in [6, 6.07) is -0.625. The summed E-state index contributed by atoms with van der Waals surface area (Å²) in [7, 11) is 2.45. The summed E-state index contributed by atoms with van der Waals surface area (Å²) in [6.07, 6.45) is -3.64. The number of carbonyl (C=O) groups is 1. The molecule has 0 N–H and O–H groups in total. The van der Waals surface area contributed by atoms with Gasteiger partial charge in [0.15, 0.2) is 0 Å². The van der Waals surface area contributed by atoms with E-state index in [2.05, 4.69) is 0 Å². The second kappa shape index (κ2) is 2.07. The zero-order valence-electron chi connectivity index (χ0n) is 5.71. The second-order valence-corrected chi connectivity index (χ2v) is 2.25. The molecule has 1 rings (SSSR count). The van der Waals surface area contributed by atoms with E-state index in [4.69, 9.17) is 0 Å². The van der Waals surface area contributed by atoms with Gasteiger partial charge in [-0.25, -0.2) is 13.6 Å². The van der Waals surface area contributed by atoms with Crippen LogP contribution in [0.4, 0.5) is 13.6 Å². The summed E-state index contributed by atoms with van der Waals surface area (Å²) < 4.78 is 25.0. The molecule has 1 aliphatic rings. The van der Waals surface area contributed by atoms with Gasteiger partial charge in [0.25, 0.3) is 0 Å². The molecule has 0 aromatic carbocycles. The minimum Gasteiger partial charge on any atom is -0.293 e. The molecule has 1 heterocycles. The van der Waals surface area contributed by atoms with Crippen molar-refractivity contribution in [2.75, 3.05) is 14.1 Å². The van der Waals surface area contributed by atoms with Gasteiger partial charge < -0.3 is 0 Å². The number of hydrogen-bond acceptors (Lipinski definition) is 1. The summed E-state index contributed by atoms with van der Waals surface area (Å²) >= 11 is 0. The monoisotopic (exact) mass is 150 g/mol. The Morgan fingerprint density at radius 1 is 1.20 bits per heavy atom. The molecule has 0 radical (unpaired) electrons. The van der Waals surface area contributed by atoms with Crippen LogP contribution >= 0.6 is 0 Å². The molecule has 5 heteroatoms. The maximum absolute atomic E-state index is 12.5. The summed E-state index contributed by atoms with van der Waals surface area (Å²) in [6.45, 7) is 0. The highest BCUT2D eigenvalue weighted by Gasteiger charge is 2.42. The van der Waals surface area contributed by atoms with E-state index >= 15 is 0 Å². The molecule has 0 aliphatic carbocycles. The molecule has 1 aliphatic heterocycles. The number of rotatable bonds is 0. The fourth-order valence-electron chi connectivity index (χ4n) is 0.829.